The lowest BCUT2D eigenvalue weighted by atomic mass is 9.97. The zero-order valence-corrected chi connectivity index (χ0v) is 19.5. The van der Waals surface area contributed by atoms with Crippen LogP contribution < -0.4 is 10.2 Å². The van der Waals surface area contributed by atoms with Crippen LogP contribution in [0.3, 0.4) is 0 Å². The van der Waals surface area contributed by atoms with E-state index in [0.717, 1.165) is 44.6 Å². The Morgan fingerprint density at radius 2 is 1.28 bits per heavy atom. The SMILES string of the molecule is Cc1ccc(C2=C(Nc3cc(C)ccc3C)C(=O)N(c3ccc(C)c(C)c3)C2=O)c(C)c1. The van der Waals surface area contributed by atoms with E-state index in [1.165, 1.54) is 4.90 Å². The Labute approximate surface area is 189 Å². The van der Waals surface area contributed by atoms with E-state index < -0.39 is 0 Å². The van der Waals surface area contributed by atoms with Crippen LogP contribution in [0.25, 0.3) is 5.57 Å². The Morgan fingerprint density at radius 1 is 0.625 bits per heavy atom. The summed E-state index contributed by atoms with van der Waals surface area (Å²) in [7, 11) is 0. The Morgan fingerprint density at radius 3 is 1.97 bits per heavy atom. The number of carbonyl (C=O) groups excluding carboxylic acids is 2. The molecule has 1 N–H and O–H groups in total. The van der Waals surface area contributed by atoms with E-state index in [-0.39, 0.29) is 11.8 Å². The van der Waals surface area contributed by atoms with E-state index in [0.29, 0.717) is 17.0 Å². The number of amides is 2. The number of hydrogen-bond donors (Lipinski definition) is 1. The summed E-state index contributed by atoms with van der Waals surface area (Å²) < 4.78 is 0. The summed E-state index contributed by atoms with van der Waals surface area (Å²) in [5, 5.41) is 3.31. The van der Waals surface area contributed by atoms with Crippen LogP contribution >= 0.6 is 0 Å². The fourth-order valence-corrected chi connectivity index (χ4v) is 4.09. The van der Waals surface area contributed by atoms with Crippen LogP contribution in [0.5, 0.6) is 0 Å². The van der Waals surface area contributed by atoms with Crippen molar-refractivity contribution in [3.05, 3.63) is 99.2 Å². The molecule has 32 heavy (non-hydrogen) atoms. The number of hydrogen-bond acceptors (Lipinski definition) is 3. The van der Waals surface area contributed by atoms with Gasteiger partial charge in [-0.15, -0.1) is 0 Å². The molecule has 0 saturated carbocycles. The highest BCUT2D eigenvalue weighted by atomic mass is 16.2. The van der Waals surface area contributed by atoms with Gasteiger partial charge in [-0.3, -0.25) is 9.59 Å². The maximum atomic E-state index is 13.7. The van der Waals surface area contributed by atoms with E-state index >= 15 is 0 Å². The average Bonchev–Trinajstić information content (AvgIpc) is 2.97. The lowest BCUT2D eigenvalue weighted by Crippen LogP contribution is -2.32. The summed E-state index contributed by atoms with van der Waals surface area (Å²) in [6.07, 6.45) is 0. The number of benzene rings is 3. The molecular weight excluding hydrogens is 396 g/mol. The molecule has 0 saturated heterocycles. The summed E-state index contributed by atoms with van der Waals surface area (Å²) >= 11 is 0. The predicted molar refractivity (Wildman–Crippen MR) is 131 cm³/mol. The maximum absolute atomic E-state index is 13.7. The number of nitrogens with zero attached hydrogens (tertiary/aromatic N) is 1. The van der Waals surface area contributed by atoms with Gasteiger partial charge in [0.2, 0.25) is 0 Å². The number of rotatable bonds is 4. The van der Waals surface area contributed by atoms with Crippen LogP contribution in [-0.2, 0) is 9.59 Å². The second kappa shape index (κ2) is 8.12. The Bertz CT molecular complexity index is 1300. The average molecular weight is 425 g/mol. The summed E-state index contributed by atoms with van der Waals surface area (Å²) in [5.41, 5.74) is 9.21. The van der Waals surface area contributed by atoms with Gasteiger partial charge in [-0.05, 0) is 93.1 Å². The molecule has 0 unspecified atom stereocenters. The smallest absolute Gasteiger partial charge is 0.282 e. The van der Waals surface area contributed by atoms with Crippen molar-refractivity contribution in [2.75, 3.05) is 10.2 Å². The normalized spacial score (nSPS) is 13.9. The highest BCUT2D eigenvalue weighted by Crippen LogP contribution is 2.36. The van der Waals surface area contributed by atoms with Gasteiger partial charge in [-0.2, -0.15) is 0 Å². The first-order valence-corrected chi connectivity index (χ1v) is 10.8. The van der Waals surface area contributed by atoms with Crippen molar-refractivity contribution in [1.29, 1.82) is 0 Å². The van der Waals surface area contributed by atoms with E-state index in [1.807, 2.05) is 96.1 Å². The molecule has 0 bridgehead atoms. The molecule has 0 radical (unpaired) electrons. The van der Waals surface area contributed by atoms with Crippen LogP contribution in [0.15, 0.2) is 60.3 Å². The third kappa shape index (κ3) is 3.73. The Balaban J connectivity index is 1.89. The molecule has 162 valence electrons. The van der Waals surface area contributed by atoms with Gasteiger partial charge in [-0.1, -0.05) is 42.0 Å². The Hall–Kier alpha value is -3.66. The van der Waals surface area contributed by atoms with E-state index in [4.69, 9.17) is 0 Å². The lowest BCUT2D eigenvalue weighted by molar-refractivity contribution is -0.120. The first kappa shape index (κ1) is 21.6. The van der Waals surface area contributed by atoms with Crippen molar-refractivity contribution in [1.82, 2.24) is 0 Å². The van der Waals surface area contributed by atoms with Crippen LogP contribution in [-0.4, -0.2) is 11.8 Å². The molecular formula is C28H28N2O2. The zero-order valence-electron chi connectivity index (χ0n) is 19.5. The van der Waals surface area contributed by atoms with Gasteiger partial charge in [0, 0.05) is 5.69 Å². The highest BCUT2D eigenvalue weighted by Gasteiger charge is 2.41. The van der Waals surface area contributed by atoms with Crippen molar-refractivity contribution in [2.45, 2.75) is 41.5 Å². The third-order valence-corrected chi connectivity index (χ3v) is 6.14. The van der Waals surface area contributed by atoms with E-state index in [9.17, 15) is 9.59 Å². The molecule has 4 heteroatoms. The van der Waals surface area contributed by atoms with Crippen molar-refractivity contribution in [2.24, 2.45) is 0 Å². The summed E-state index contributed by atoms with van der Waals surface area (Å²) in [4.78, 5) is 28.7. The molecule has 1 aliphatic rings. The van der Waals surface area contributed by atoms with Gasteiger partial charge in [0.1, 0.15) is 5.70 Å². The lowest BCUT2D eigenvalue weighted by Gasteiger charge is -2.17. The topological polar surface area (TPSA) is 49.4 Å². The highest BCUT2D eigenvalue weighted by molar-refractivity contribution is 6.46. The minimum Gasteiger partial charge on any atom is -0.350 e. The van der Waals surface area contributed by atoms with Crippen molar-refractivity contribution in [3.8, 4) is 0 Å². The molecule has 0 aromatic heterocycles. The quantitative estimate of drug-likeness (QED) is 0.528. The minimum absolute atomic E-state index is 0.307. The van der Waals surface area contributed by atoms with Gasteiger partial charge in [0.25, 0.3) is 11.8 Å². The second-order valence-electron chi connectivity index (χ2n) is 8.73. The number of anilines is 2. The summed E-state index contributed by atoms with van der Waals surface area (Å²) in [6.45, 7) is 12.0. The molecule has 4 nitrogen and oxygen atoms in total. The maximum Gasteiger partial charge on any atom is 0.282 e. The zero-order chi connectivity index (χ0) is 23.2. The number of imide groups is 1. The predicted octanol–water partition coefficient (Wildman–Crippen LogP) is 5.93. The second-order valence-corrected chi connectivity index (χ2v) is 8.73. The molecule has 3 aromatic carbocycles. The van der Waals surface area contributed by atoms with E-state index in [2.05, 4.69) is 5.32 Å². The molecule has 3 aromatic rings. The van der Waals surface area contributed by atoms with Crippen molar-refractivity contribution < 1.29 is 9.59 Å². The van der Waals surface area contributed by atoms with Crippen LogP contribution in [0.4, 0.5) is 11.4 Å². The minimum atomic E-state index is -0.339. The van der Waals surface area contributed by atoms with E-state index in [1.54, 1.807) is 0 Å². The first-order valence-electron chi connectivity index (χ1n) is 10.8. The van der Waals surface area contributed by atoms with Gasteiger partial charge in [0.15, 0.2) is 0 Å². The van der Waals surface area contributed by atoms with Crippen LogP contribution in [0, 0.1) is 41.5 Å². The molecule has 1 heterocycles. The Kier molecular flexibility index (Phi) is 5.47. The van der Waals surface area contributed by atoms with Gasteiger partial charge in [-0.25, -0.2) is 4.90 Å². The summed E-state index contributed by atoms with van der Waals surface area (Å²) in [6, 6.07) is 17.6. The molecule has 0 aliphatic carbocycles. The number of nitrogens with one attached hydrogen (secondary N) is 1. The van der Waals surface area contributed by atoms with Gasteiger partial charge < -0.3 is 5.32 Å². The first-order chi connectivity index (χ1) is 15.2. The molecule has 0 atom stereocenters. The number of aryl methyl sites for hydroxylation is 6. The standard InChI is InChI=1S/C28H28N2O2/c1-16-8-12-23(21(6)13-16)25-26(29-24-14-17(2)7-9-19(24)4)28(32)30(27(25)31)22-11-10-18(3)20(5)15-22/h7-15,29H,1-6H3. The third-order valence-electron chi connectivity index (χ3n) is 6.14. The molecule has 0 spiro atoms. The molecule has 4 rings (SSSR count). The summed E-state index contributed by atoms with van der Waals surface area (Å²) in [5.74, 6) is -0.646. The van der Waals surface area contributed by atoms with Crippen molar-refractivity contribution in [3.63, 3.8) is 0 Å². The molecule has 1 aliphatic heterocycles. The monoisotopic (exact) mass is 424 g/mol. The van der Waals surface area contributed by atoms with Gasteiger partial charge >= 0.3 is 0 Å². The van der Waals surface area contributed by atoms with Crippen LogP contribution in [0.1, 0.15) is 38.9 Å². The molecule has 2 amide bonds. The number of carbonyl (C=O) groups is 2. The molecule has 0 fully saturated rings. The largest absolute Gasteiger partial charge is 0.350 e. The fraction of sp³-hybridized carbons (Fsp3) is 0.214. The van der Waals surface area contributed by atoms with Gasteiger partial charge in [0.05, 0.1) is 11.3 Å². The van der Waals surface area contributed by atoms with Crippen molar-refractivity contribution >= 4 is 28.8 Å². The van der Waals surface area contributed by atoms with Crippen LogP contribution in [0.2, 0.25) is 0 Å². The fourth-order valence-electron chi connectivity index (χ4n) is 4.09.